The zero-order valence-corrected chi connectivity index (χ0v) is 23.3. The minimum Gasteiger partial charge on any atom is -0.482 e. The molecule has 9 heteroatoms. The number of amides is 2. The molecule has 1 unspecified atom stereocenters. The highest BCUT2D eigenvalue weighted by Crippen LogP contribution is 2.39. The van der Waals surface area contributed by atoms with E-state index in [9.17, 15) is 9.59 Å². The summed E-state index contributed by atoms with van der Waals surface area (Å²) in [5.74, 6) is -0.0547. The molecule has 0 saturated carbocycles. The molecule has 0 spiro atoms. The Morgan fingerprint density at radius 1 is 0.974 bits per heavy atom. The molecule has 3 aromatic carbocycles. The lowest BCUT2D eigenvalue weighted by Crippen LogP contribution is -2.46. The minimum atomic E-state index is -0.306. The van der Waals surface area contributed by atoms with Crippen molar-refractivity contribution in [2.75, 3.05) is 57.9 Å². The third-order valence-corrected chi connectivity index (χ3v) is 8.05. The van der Waals surface area contributed by atoms with Gasteiger partial charge < -0.3 is 14.4 Å². The molecule has 0 aromatic heterocycles. The summed E-state index contributed by atoms with van der Waals surface area (Å²) in [6, 6.07) is 21.5. The maximum Gasteiger partial charge on any atom is 0.265 e. The van der Waals surface area contributed by atoms with Crippen LogP contribution in [0.4, 0.5) is 5.69 Å². The van der Waals surface area contributed by atoms with Crippen molar-refractivity contribution in [3.8, 4) is 16.9 Å². The molecule has 1 fully saturated rings. The number of rotatable bonds is 8. The van der Waals surface area contributed by atoms with Crippen LogP contribution in [0.3, 0.4) is 0 Å². The van der Waals surface area contributed by atoms with Crippen LogP contribution in [0.2, 0.25) is 10.0 Å². The monoisotopic (exact) mass is 567 g/mol. The van der Waals surface area contributed by atoms with Gasteiger partial charge in [-0.25, -0.2) is 0 Å². The van der Waals surface area contributed by atoms with Gasteiger partial charge in [-0.1, -0.05) is 77.8 Å². The molecule has 1 saturated heterocycles. The van der Waals surface area contributed by atoms with E-state index in [1.165, 1.54) is 4.90 Å². The van der Waals surface area contributed by atoms with Crippen LogP contribution in [0.5, 0.6) is 5.75 Å². The zero-order valence-electron chi connectivity index (χ0n) is 21.8. The maximum absolute atomic E-state index is 13.7. The molecule has 0 bridgehead atoms. The second-order valence-corrected chi connectivity index (χ2v) is 10.6. The van der Waals surface area contributed by atoms with Crippen molar-refractivity contribution < 1.29 is 19.1 Å². The van der Waals surface area contributed by atoms with Gasteiger partial charge in [-0.05, 0) is 29.2 Å². The molecule has 0 N–H and O–H groups in total. The van der Waals surface area contributed by atoms with E-state index in [1.807, 2.05) is 18.2 Å². The first-order chi connectivity index (χ1) is 18.9. The van der Waals surface area contributed by atoms with Crippen LogP contribution in [0.15, 0.2) is 66.7 Å². The summed E-state index contributed by atoms with van der Waals surface area (Å²) in [5.41, 5.74) is 3.75. The van der Waals surface area contributed by atoms with E-state index in [0.29, 0.717) is 21.5 Å². The van der Waals surface area contributed by atoms with Gasteiger partial charge in [-0.2, -0.15) is 0 Å². The lowest BCUT2D eigenvalue weighted by molar-refractivity contribution is -0.133. The normalized spacial score (nSPS) is 16.4. The topological polar surface area (TPSA) is 62.3 Å². The number of morpholine rings is 1. The number of hydrogen-bond donors (Lipinski definition) is 0. The summed E-state index contributed by atoms with van der Waals surface area (Å²) in [6.07, 6.45) is 0.752. The Kier molecular flexibility index (Phi) is 8.72. The number of anilines is 1. The fourth-order valence-corrected chi connectivity index (χ4v) is 5.34. The summed E-state index contributed by atoms with van der Waals surface area (Å²) in [7, 11) is 1.80. The lowest BCUT2D eigenvalue weighted by Gasteiger charge is -2.35. The molecule has 2 heterocycles. The third kappa shape index (κ3) is 6.39. The van der Waals surface area contributed by atoms with Gasteiger partial charge in [0, 0.05) is 32.7 Å². The Labute approximate surface area is 238 Å². The van der Waals surface area contributed by atoms with Gasteiger partial charge in [0.15, 0.2) is 6.61 Å². The van der Waals surface area contributed by atoms with E-state index in [1.54, 1.807) is 24.1 Å². The molecular formula is C30H31Cl2N3O4. The summed E-state index contributed by atoms with van der Waals surface area (Å²) in [6.45, 7) is 3.73. The fraction of sp³-hybridized carbons (Fsp3) is 0.333. The molecule has 0 radical (unpaired) electrons. The predicted octanol–water partition coefficient (Wildman–Crippen LogP) is 5.31. The molecule has 5 rings (SSSR count). The number of fused-ring (bicyclic) bond motifs is 1. The smallest absolute Gasteiger partial charge is 0.265 e. The van der Waals surface area contributed by atoms with Crippen molar-refractivity contribution in [2.45, 2.75) is 12.5 Å². The standard InChI is InChI=1S/C30H31Cl2N3O4/c1-33(29(36)19-35-27-17-24(31)25(32)18-28(27)39-20-30(35)37)26(11-12-34-13-15-38-16-14-34)23-9-7-22(8-10-23)21-5-3-2-4-6-21/h2-10,17-18,26H,11-16,19-20H2,1H3. The number of nitrogens with zero attached hydrogens (tertiary/aromatic N) is 3. The maximum atomic E-state index is 13.7. The Hall–Kier alpha value is -3.10. The number of ether oxygens (including phenoxy) is 2. The van der Waals surface area contributed by atoms with Crippen LogP contribution in [0.1, 0.15) is 18.0 Å². The molecule has 39 heavy (non-hydrogen) atoms. The molecule has 3 aromatic rings. The summed E-state index contributed by atoms with van der Waals surface area (Å²) in [5, 5.41) is 0.622. The average molecular weight is 569 g/mol. The first kappa shape index (κ1) is 27.5. The SMILES string of the molecule is CN(C(=O)CN1C(=O)COc2cc(Cl)c(Cl)cc21)C(CCN1CCOCC1)c1ccc(-c2ccccc2)cc1. The van der Waals surface area contributed by atoms with E-state index < -0.39 is 0 Å². The highest BCUT2D eigenvalue weighted by molar-refractivity contribution is 6.42. The van der Waals surface area contributed by atoms with Crippen LogP contribution in [-0.4, -0.2) is 74.7 Å². The van der Waals surface area contributed by atoms with Gasteiger partial charge in [0.05, 0.1) is 35.0 Å². The Bertz CT molecular complexity index is 1310. The Morgan fingerprint density at radius 2 is 1.64 bits per heavy atom. The van der Waals surface area contributed by atoms with Crippen molar-refractivity contribution in [2.24, 2.45) is 0 Å². The van der Waals surface area contributed by atoms with Crippen LogP contribution >= 0.6 is 23.2 Å². The van der Waals surface area contributed by atoms with E-state index in [2.05, 4.69) is 41.3 Å². The number of benzene rings is 3. The van der Waals surface area contributed by atoms with Crippen molar-refractivity contribution in [3.05, 3.63) is 82.3 Å². The van der Waals surface area contributed by atoms with E-state index in [4.69, 9.17) is 32.7 Å². The summed E-state index contributed by atoms with van der Waals surface area (Å²) >= 11 is 12.4. The minimum absolute atomic E-state index is 0.125. The van der Waals surface area contributed by atoms with Crippen LogP contribution < -0.4 is 9.64 Å². The van der Waals surface area contributed by atoms with E-state index in [-0.39, 0.29) is 31.0 Å². The molecule has 7 nitrogen and oxygen atoms in total. The second kappa shape index (κ2) is 12.4. The van der Waals surface area contributed by atoms with Gasteiger partial charge in [0.1, 0.15) is 12.3 Å². The fourth-order valence-electron chi connectivity index (χ4n) is 5.03. The van der Waals surface area contributed by atoms with Gasteiger partial charge >= 0.3 is 0 Å². The summed E-state index contributed by atoms with van der Waals surface area (Å²) in [4.78, 5) is 32.0. The van der Waals surface area contributed by atoms with E-state index in [0.717, 1.165) is 56.0 Å². The molecule has 2 aliphatic rings. The number of halogens is 2. The van der Waals surface area contributed by atoms with Crippen molar-refractivity contribution in [1.29, 1.82) is 0 Å². The third-order valence-electron chi connectivity index (χ3n) is 7.32. The van der Waals surface area contributed by atoms with Gasteiger partial charge in [0.2, 0.25) is 5.91 Å². The summed E-state index contributed by atoms with van der Waals surface area (Å²) < 4.78 is 11.0. The number of carbonyl (C=O) groups excluding carboxylic acids is 2. The average Bonchev–Trinajstić information content (AvgIpc) is 2.97. The highest BCUT2D eigenvalue weighted by Gasteiger charge is 2.31. The number of likely N-dealkylation sites (N-methyl/N-ethyl adjacent to an activating group) is 1. The van der Waals surface area contributed by atoms with E-state index >= 15 is 0 Å². The van der Waals surface area contributed by atoms with Gasteiger partial charge in [-0.15, -0.1) is 0 Å². The first-order valence-electron chi connectivity index (χ1n) is 13.0. The largest absolute Gasteiger partial charge is 0.482 e. The Balaban J connectivity index is 1.37. The lowest BCUT2D eigenvalue weighted by atomic mass is 9.98. The quantitative estimate of drug-likeness (QED) is 0.369. The molecule has 2 aliphatic heterocycles. The molecular weight excluding hydrogens is 537 g/mol. The molecule has 1 atom stereocenters. The van der Waals surface area contributed by atoms with Crippen LogP contribution in [0.25, 0.3) is 11.1 Å². The molecule has 0 aliphatic carbocycles. The van der Waals surface area contributed by atoms with Crippen molar-refractivity contribution in [1.82, 2.24) is 9.80 Å². The zero-order chi connectivity index (χ0) is 27.4. The van der Waals surface area contributed by atoms with Crippen LogP contribution in [-0.2, 0) is 14.3 Å². The molecule has 2 amide bonds. The second-order valence-electron chi connectivity index (χ2n) is 9.75. The number of hydrogen-bond acceptors (Lipinski definition) is 5. The highest BCUT2D eigenvalue weighted by atomic mass is 35.5. The Morgan fingerprint density at radius 3 is 2.36 bits per heavy atom. The van der Waals surface area contributed by atoms with Gasteiger partial charge in [0.25, 0.3) is 5.91 Å². The van der Waals surface area contributed by atoms with Crippen molar-refractivity contribution in [3.63, 3.8) is 0 Å². The molecule has 204 valence electrons. The van der Waals surface area contributed by atoms with Gasteiger partial charge in [-0.3, -0.25) is 19.4 Å². The first-order valence-corrected chi connectivity index (χ1v) is 13.8. The van der Waals surface area contributed by atoms with Crippen molar-refractivity contribution >= 4 is 40.7 Å². The van der Waals surface area contributed by atoms with Crippen LogP contribution in [0, 0.1) is 0 Å². The number of carbonyl (C=O) groups is 2. The predicted molar refractivity (Wildman–Crippen MR) is 154 cm³/mol.